The molecule has 5 nitrogen and oxygen atoms in total. The summed E-state index contributed by atoms with van der Waals surface area (Å²) in [5.74, 6) is 0.264. The summed E-state index contributed by atoms with van der Waals surface area (Å²) in [5, 5.41) is 2.63. The van der Waals surface area contributed by atoms with E-state index in [0.717, 1.165) is 0 Å². The summed E-state index contributed by atoms with van der Waals surface area (Å²) in [6, 6.07) is 5.56. The fourth-order valence-electron chi connectivity index (χ4n) is 1.30. The molecular weight excluding hydrogens is 204 g/mol. The number of nitrogens with one attached hydrogen (secondary N) is 1. The highest BCUT2D eigenvalue weighted by molar-refractivity contribution is 5.88. The summed E-state index contributed by atoms with van der Waals surface area (Å²) in [4.78, 5) is 19.3. The molecule has 0 saturated heterocycles. The van der Waals surface area contributed by atoms with E-state index in [1.54, 1.807) is 18.5 Å². The lowest BCUT2D eigenvalue weighted by atomic mass is 10.4. The number of aryl methyl sites for hydroxylation is 1. The molecule has 0 fully saturated rings. The van der Waals surface area contributed by atoms with Crippen molar-refractivity contribution < 1.29 is 4.79 Å². The maximum Gasteiger partial charge on any atom is 0.229 e. The number of anilines is 1. The molecule has 2 aromatic heterocycles. The van der Waals surface area contributed by atoms with Gasteiger partial charge in [-0.3, -0.25) is 10.1 Å². The Hall–Kier alpha value is -2.17. The van der Waals surface area contributed by atoms with Gasteiger partial charge in [0.25, 0.3) is 0 Å². The predicted molar refractivity (Wildman–Crippen MR) is 59.7 cm³/mol. The van der Waals surface area contributed by atoms with Gasteiger partial charge in [-0.15, -0.1) is 0 Å². The van der Waals surface area contributed by atoms with Gasteiger partial charge in [0, 0.05) is 37.8 Å². The highest BCUT2D eigenvalue weighted by atomic mass is 16.1. The van der Waals surface area contributed by atoms with E-state index in [9.17, 15) is 4.79 Å². The molecule has 0 saturated carbocycles. The number of aromatic nitrogens is 3. The van der Waals surface area contributed by atoms with Crippen LogP contribution in [0.1, 0.15) is 6.42 Å². The Morgan fingerprint density at radius 2 is 1.88 bits per heavy atom. The van der Waals surface area contributed by atoms with Gasteiger partial charge in [0.15, 0.2) is 0 Å². The molecule has 2 aromatic rings. The number of nitrogens with zero attached hydrogens (tertiary/aromatic N) is 3. The molecule has 0 bridgehead atoms. The number of carbonyl (C=O) groups is 1. The van der Waals surface area contributed by atoms with Gasteiger partial charge in [-0.1, -0.05) is 0 Å². The van der Waals surface area contributed by atoms with E-state index in [1.165, 1.54) is 0 Å². The van der Waals surface area contributed by atoms with E-state index in [4.69, 9.17) is 0 Å². The van der Waals surface area contributed by atoms with Gasteiger partial charge in [-0.05, 0) is 18.2 Å². The Morgan fingerprint density at radius 3 is 2.56 bits per heavy atom. The Labute approximate surface area is 93.2 Å². The lowest BCUT2D eigenvalue weighted by Gasteiger charge is -2.03. The van der Waals surface area contributed by atoms with Crippen LogP contribution in [0.15, 0.2) is 43.0 Å². The minimum absolute atomic E-state index is 0.0834. The SMILES string of the molecule is O=C(CCn1cccc1)Nc1ncccn1. The van der Waals surface area contributed by atoms with Crippen LogP contribution in [-0.2, 0) is 11.3 Å². The number of carbonyl (C=O) groups excluding carboxylic acids is 1. The third kappa shape index (κ3) is 2.91. The molecule has 5 heteroatoms. The highest BCUT2D eigenvalue weighted by Crippen LogP contribution is 1.98. The van der Waals surface area contributed by atoms with Crippen LogP contribution in [0.2, 0.25) is 0 Å². The van der Waals surface area contributed by atoms with Gasteiger partial charge in [0.05, 0.1) is 0 Å². The van der Waals surface area contributed by atoms with Crippen LogP contribution in [0.5, 0.6) is 0 Å². The van der Waals surface area contributed by atoms with Crippen molar-refractivity contribution in [2.24, 2.45) is 0 Å². The molecule has 16 heavy (non-hydrogen) atoms. The van der Waals surface area contributed by atoms with E-state index in [-0.39, 0.29) is 5.91 Å². The van der Waals surface area contributed by atoms with Crippen molar-refractivity contribution in [3.8, 4) is 0 Å². The smallest absolute Gasteiger partial charge is 0.229 e. The quantitative estimate of drug-likeness (QED) is 0.838. The van der Waals surface area contributed by atoms with Crippen molar-refractivity contribution in [2.75, 3.05) is 5.32 Å². The monoisotopic (exact) mass is 216 g/mol. The first-order valence-electron chi connectivity index (χ1n) is 5.02. The lowest BCUT2D eigenvalue weighted by molar-refractivity contribution is -0.116. The van der Waals surface area contributed by atoms with Crippen LogP contribution < -0.4 is 5.32 Å². The normalized spacial score (nSPS) is 10.0. The Kier molecular flexibility index (Phi) is 3.28. The van der Waals surface area contributed by atoms with Gasteiger partial charge in [-0.25, -0.2) is 9.97 Å². The van der Waals surface area contributed by atoms with Crippen LogP contribution in [0.3, 0.4) is 0 Å². The predicted octanol–water partition coefficient (Wildman–Crippen LogP) is 1.31. The second kappa shape index (κ2) is 5.06. The van der Waals surface area contributed by atoms with Crippen molar-refractivity contribution in [3.63, 3.8) is 0 Å². The van der Waals surface area contributed by atoms with Crippen LogP contribution in [0.4, 0.5) is 5.95 Å². The molecule has 1 N–H and O–H groups in total. The highest BCUT2D eigenvalue weighted by Gasteiger charge is 2.03. The molecular formula is C11H12N4O. The average Bonchev–Trinajstić information content (AvgIpc) is 2.81. The summed E-state index contributed by atoms with van der Waals surface area (Å²) in [5.41, 5.74) is 0. The van der Waals surface area contributed by atoms with Crippen molar-refractivity contribution in [1.82, 2.24) is 14.5 Å². The summed E-state index contributed by atoms with van der Waals surface area (Å²) < 4.78 is 1.95. The second-order valence-corrected chi connectivity index (χ2v) is 3.29. The van der Waals surface area contributed by atoms with Gasteiger partial charge >= 0.3 is 0 Å². The number of amides is 1. The lowest BCUT2D eigenvalue weighted by Crippen LogP contribution is -2.15. The Morgan fingerprint density at radius 1 is 1.19 bits per heavy atom. The molecule has 0 aromatic carbocycles. The first-order valence-corrected chi connectivity index (χ1v) is 5.02. The van der Waals surface area contributed by atoms with Gasteiger partial charge in [0.1, 0.15) is 0 Å². The molecule has 0 aliphatic rings. The molecule has 82 valence electrons. The molecule has 0 aliphatic carbocycles. The van der Waals surface area contributed by atoms with Crippen molar-refractivity contribution >= 4 is 11.9 Å². The maximum absolute atomic E-state index is 11.5. The topological polar surface area (TPSA) is 59.8 Å². The molecule has 1 amide bonds. The molecule has 0 atom stereocenters. The molecule has 0 unspecified atom stereocenters. The van der Waals surface area contributed by atoms with E-state index < -0.39 is 0 Å². The minimum Gasteiger partial charge on any atom is -0.354 e. The number of rotatable bonds is 4. The summed E-state index contributed by atoms with van der Waals surface area (Å²) >= 11 is 0. The van der Waals surface area contributed by atoms with Crippen LogP contribution in [-0.4, -0.2) is 20.4 Å². The van der Waals surface area contributed by atoms with Crippen molar-refractivity contribution in [1.29, 1.82) is 0 Å². The first-order chi connectivity index (χ1) is 7.84. The van der Waals surface area contributed by atoms with Crippen LogP contribution in [0, 0.1) is 0 Å². The van der Waals surface area contributed by atoms with E-state index in [0.29, 0.717) is 18.9 Å². The van der Waals surface area contributed by atoms with E-state index in [1.807, 2.05) is 29.1 Å². The van der Waals surface area contributed by atoms with E-state index >= 15 is 0 Å². The second-order valence-electron chi connectivity index (χ2n) is 3.29. The minimum atomic E-state index is -0.0834. The zero-order chi connectivity index (χ0) is 11.2. The van der Waals surface area contributed by atoms with Gasteiger partial charge < -0.3 is 4.57 Å². The summed E-state index contributed by atoms with van der Waals surface area (Å²) in [6.07, 6.45) is 7.44. The van der Waals surface area contributed by atoms with E-state index in [2.05, 4.69) is 15.3 Å². The van der Waals surface area contributed by atoms with Gasteiger partial charge in [-0.2, -0.15) is 0 Å². The molecule has 2 heterocycles. The molecule has 2 rings (SSSR count). The third-order valence-corrected chi connectivity index (χ3v) is 2.08. The molecule has 0 radical (unpaired) electrons. The third-order valence-electron chi connectivity index (χ3n) is 2.08. The zero-order valence-corrected chi connectivity index (χ0v) is 8.71. The van der Waals surface area contributed by atoms with Gasteiger partial charge in [0.2, 0.25) is 11.9 Å². The molecule has 0 aliphatic heterocycles. The zero-order valence-electron chi connectivity index (χ0n) is 8.71. The first kappa shape index (κ1) is 10.4. The largest absolute Gasteiger partial charge is 0.354 e. The average molecular weight is 216 g/mol. The Bertz CT molecular complexity index is 438. The maximum atomic E-state index is 11.5. The standard InChI is InChI=1S/C11H12N4O/c16-10(4-9-15-7-1-2-8-15)14-11-12-5-3-6-13-11/h1-3,5-8H,4,9H2,(H,12,13,14,16). The fourth-order valence-corrected chi connectivity index (χ4v) is 1.30. The number of hydrogen-bond donors (Lipinski definition) is 1. The molecule has 0 spiro atoms. The van der Waals surface area contributed by atoms with Crippen molar-refractivity contribution in [2.45, 2.75) is 13.0 Å². The fraction of sp³-hybridized carbons (Fsp3) is 0.182. The van der Waals surface area contributed by atoms with Crippen molar-refractivity contribution in [3.05, 3.63) is 43.0 Å². The van der Waals surface area contributed by atoms with Crippen LogP contribution in [0.25, 0.3) is 0 Å². The summed E-state index contributed by atoms with van der Waals surface area (Å²) in [7, 11) is 0. The van der Waals surface area contributed by atoms with Crippen LogP contribution >= 0.6 is 0 Å². The Balaban J connectivity index is 1.81. The summed E-state index contributed by atoms with van der Waals surface area (Å²) in [6.45, 7) is 0.658. The number of hydrogen-bond acceptors (Lipinski definition) is 3.